The monoisotopic (exact) mass is 222 g/mol. The molecule has 4 N–H and O–H groups in total. The van der Waals surface area contributed by atoms with Crippen molar-refractivity contribution in [3.8, 4) is 11.1 Å². The standard InChI is InChI=1S/C10H11ClN4/c1-15-5-6(4-14-15)7-2-3-8(12)10(13)9(7)11/h2-5H,12-13H2,1H3. The first-order valence-electron chi connectivity index (χ1n) is 4.42. The minimum Gasteiger partial charge on any atom is -0.397 e. The molecule has 15 heavy (non-hydrogen) atoms. The van der Waals surface area contributed by atoms with Crippen LogP contribution >= 0.6 is 11.6 Å². The van der Waals surface area contributed by atoms with Gasteiger partial charge in [0.15, 0.2) is 0 Å². The van der Waals surface area contributed by atoms with Gasteiger partial charge in [0, 0.05) is 24.4 Å². The van der Waals surface area contributed by atoms with Crippen molar-refractivity contribution in [3.63, 3.8) is 0 Å². The molecule has 0 bridgehead atoms. The van der Waals surface area contributed by atoms with Gasteiger partial charge in [-0.15, -0.1) is 0 Å². The van der Waals surface area contributed by atoms with Gasteiger partial charge in [0.1, 0.15) is 0 Å². The average Bonchev–Trinajstić information content (AvgIpc) is 2.61. The number of nitrogens with zero attached hydrogens (tertiary/aromatic N) is 2. The van der Waals surface area contributed by atoms with Crippen LogP contribution in [0.2, 0.25) is 5.02 Å². The van der Waals surface area contributed by atoms with E-state index < -0.39 is 0 Å². The Balaban J connectivity index is 2.59. The topological polar surface area (TPSA) is 69.9 Å². The minimum atomic E-state index is 0.415. The molecule has 4 nitrogen and oxygen atoms in total. The van der Waals surface area contributed by atoms with E-state index >= 15 is 0 Å². The predicted octanol–water partition coefficient (Wildman–Crippen LogP) is 1.90. The molecule has 2 rings (SSSR count). The second-order valence-electron chi connectivity index (χ2n) is 3.33. The van der Waals surface area contributed by atoms with E-state index in [1.165, 1.54) is 0 Å². The quantitative estimate of drug-likeness (QED) is 0.724. The molecule has 0 aliphatic carbocycles. The number of aryl methyl sites for hydroxylation is 1. The Hall–Kier alpha value is -1.68. The predicted molar refractivity (Wildman–Crippen MR) is 62.5 cm³/mol. The molecular formula is C10H11ClN4. The van der Waals surface area contributed by atoms with Crippen molar-refractivity contribution in [2.24, 2.45) is 7.05 Å². The number of hydrogen-bond acceptors (Lipinski definition) is 3. The van der Waals surface area contributed by atoms with Crippen LogP contribution in [0.3, 0.4) is 0 Å². The van der Waals surface area contributed by atoms with E-state index in [0.29, 0.717) is 16.4 Å². The molecule has 78 valence electrons. The van der Waals surface area contributed by atoms with Gasteiger partial charge in [0.2, 0.25) is 0 Å². The smallest absolute Gasteiger partial charge is 0.0743 e. The van der Waals surface area contributed by atoms with Crippen LogP contribution in [0.4, 0.5) is 11.4 Å². The molecule has 1 aromatic heterocycles. The minimum absolute atomic E-state index is 0.415. The lowest BCUT2D eigenvalue weighted by molar-refractivity contribution is 0.768. The second-order valence-corrected chi connectivity index (χ2v) is 3.71. The molecule has 0 aliphatic rings. The Morgan fingerprint density at radius 1 is 1.33 bits per heavy atom. The number of aromatic nitrogens is 2. The number of benzene rings is 1. The van der Waals surface area contributed by atoms with Crippen LogP contribution in [0.5, 0.6) is 0 Å². The normalized spacial score (nSPS) is 10.5. The third kappa shape index (κ3) is 1.64. The highest BCUT2D eigenvalue weighted by molar-refractivity contribution is 6.36. The Kier molecular flexibility index (Phi) is 2.28. The van der Waals surface area contributed by atoms with Crippen LogP contribution in [0.1, 0.15) is 0 Å². The van der Waals surface area contributed by atoms with Crippen molar-refractivity contribution in [1.29, 1.82) is 0 Å². The SMILES string of the molecule is Cn1cc(-c2ccc(N)c(N)c2Cl)cn1. The molecule has 0 amide bonds. The third-order valence-corrected chi connectivity index (χ3v) is 2.64. The summed E-state index contributed by atoms with van der Waals surface area (Å²) in [5.41, 5.74) is 14.1. The van der Waals surface area contributed by atoms with Crippen LogP contribution in [0.15, 0.2) is 24.5 Å². The summed E-state index contributed by atoms with van der Waals surface area (Å²) in [6.45, 7) is 0. The van der Waals surface area contributed by atoms with Crippen molar-refractivity contribution in [2.75, 3.05) is 11.5 Å². The largest absolute Gasteiger partial charge is 0.397 e. The van der Waals surface area contributed by atoms with Crippen LogP contribution in [-0.4, -0.2) is 9.78 Å². The number of nitrogen functional groups attached to an aromatic ring is 2. The molecule has 0 spiro atoms. The zero-order chi connectivity index (χ0) is 11.0. The van der Waals surface area contributed by atoms with Gasteiger partial charge >= 0.3 is 0 Å². The molecule has 0 radical (unpaired) electrons. The van der Waals surface area contributed by atoms with Crippen molar-refractivity contribution in [1.82, 2.24) is 9.78 Å². The summed E-state index contributed by atoms with van der Waals surface area (Å²) >= 11 is 6.10. The van der Waals surface area contributed by atoms with E-state index in [0.717, 1.165) is 11.1 Å². The van der Waals surface area contributed by atoms with Crippen molar-refractivity contribution >= 4 is 23.0 Å². The summed E-state index contributed by atoms with van der Waals surface area (Å²) in [5, 5.41) is 4.55. The Morgan fingerprint density at radius 3 is 2.67 bits per heavy atom. The second kappa shape index (κ2) is 3.47. The molecule has 1 heterocycles. The van der Waals surface area contributed by atoms with Gasteiger partial charge in [-0.25, -0.2) is 0 Å². The van der Waals surface area contributed by atoms with Crippen LogP contribution in [0.25, 0.3) is 11.1 Å². The van der Waals surface area contributed by atoms with Crippen LogP contribution < -0.4 is 11.5 Å². The molecule has 0 atom stereocenters. The number of rotatable bonds is 1. The third-order valence-electron chi connectivity index (χ3n) is 2.23. The van der Waals surface area contributed by atoms with Gasteiger partial charge < -0.3 is 11.5 Å². The van der Waals surface area contributed by atoms with Crippen molar-refractivity contribution < 1.29 is 0 Å². The summed E-state index contributed by atoms with van der Waals surface area (Å²) in [6, 6.07) is 3.58. The Labute approximate surface area is 92.4 Å². The van der Waals surface area contributed by atoms with Crippen molar-refractivity contribution in [3.05, 3.63) is 29.5 Å². The molecule has 5 heteroatoms. The zero-order valence-electron chi connectivity index (χ0n) is 8.24. The first-order chi connectivity index (χ1) is 7.09. The maximum atomic E-state index is 6.10. The van der Waals surface area contributed by atoms with Gasteiger partial charge in [-0.1, -0.05) is 17.7 Å². The fourth-order valence-electron chi connectivity index (χ4n) is 1.39. The summed E-state index contributed by atoms with van der Waals surface area (Å²) in [5.74, 6) is 0. The van der Waals surface area contributed by atoms with E-state index in [1.54, 1.807) is 16.9 Å². The molecule has 2 aromatic rings. The highest BCUT2D eigenvalue weighted by Crippen LogP contribution is 2.35. The van der Waals surface area contributed by atoms with Crippen LogP contribution in [0, 0.1) is 0 Å². The van der Waals surface area contributed by atoms with Crippen LogP contribution in [-0.2, 0) is 7.05 Å². The molecule has 0 aliphatic heterocycles. The number of hydrogen-bond donors (Lipinski definition) is 2. The summed E-state index contributed by atoms with van der Waals surface area (Å²) in [4.78, 5) is 0. The fourth-order valence-corrected chi connectivity index (χ4v) is 1.67. The molecule has 0 fully saturated rings. The van der Waals surface area contributed by atoms with E-state index in [4.69, 9.17) is 23.1 Å². The van der Waals surface area contributed by atoms with Gasteiger partial charge in [0.05, 0.1) is 22.6 Å². The average molecular weight is 223 g/mol. The molecule has 1 aromatic carbocycles. The highest BCUT2D eigenvalue weighted by atomic mass is 35.5. The Morgan fingerprint density at radius 2 is 2.07 bits per heavy atom. The lowest BCUT2D eigenvalue weighted by Crippen LogP contribution is -1.96. The van der Waals surface area contributed by atoms with Gasteiger partial charge in [-0.05, 0) is 6.07 Å². The first-order valence-corrected chi connectivity index (χ1v) is 4.80. The lowest BCUT2D eigenvalue weighted by Gasteiger charge is -2.06. The number of nitrogens with two attached hydrogens (primary N) is 2. The lowest BCUT2D eigenvalue weighted by atomic mass is 10.1. The summed E-state index contributed by atoms with van der Waals surface area (Å²) in [7, 11) is 1.85. The summed E-state index contributed by atoms with van der Waals surface area (Å²) < 4.78 is 1.71. The number of halogens is 1. The summed E-state index contributed by atoms with van der Waals surface area (Å²) in [6.07, 6.45) is 3.60. The molecule has 0 unspecified atom stereocenters. The Bertz CT molecular complexity index is 504. The maximum Gasteiger partial charge on any atom is 0.0743 e. The molecule has 0 saturated heterocycles. The number of anilines is 2. The van der Waals surface area contributed by atoms with Crippen molar-refractivity contribution in [2.45, 2.75) is 0 Å². The maximum absolute atomic E-state index is 6.10. The van der Waals surface area contributed by atoms with Gasteiger partial charge in [-0.2, -0.15) is 5.10 Å². The highest BCUT2D eigenvalue weighted by Gasteiger charge is 2.09. The van der Waals surface area contributed by atoms with E-state index in [1.807, 2.05) is 19.3 Å². The van der Waals surface area contributed by atoms with E-state index in [2.05, 4.69) is 5.10 Å². The first kappa shape index (κ1) is 9.86. The van der Waals surface area contributed by atoms with E-state index in [9.17, 15) is 0 Å². The molecule has 0 saturated carbocycles. The fraction of sp³-hybridized carbons (Fsp3) is 0.100. The zero-order valence-corrected chi connectivity index (χ0v) is 8.99. The van der Waals surface area contributed by atoms with E-state index in [-0.39, 0.29) is 0 Å². The molecular weight excluding hydrogens is 212 g/mol. The van der Waals surface area contributed by atoms with Gasteiger partial charge in [0.25, 0.3) is 0 Å². The van der Waals surface area contributed by atoms with Gasteiger partial charge in [-0.3, -0.25) is 4.68 Å².